The van der Waals surface area contributed by atoms with E-state index in [1.54, 1.807) is 16.1 Å². The van der Waals surface area contributed by atoms with Gasteiger partial charge in [0, 0.05) is 24.7 Å². The zero-order valence-electron chi connectivity index (χ0n) is 7.04. The number of aromatic nitrogens is 1. The molecular formula is C8H12N2OS. The van der Waals surface area contributed by atoms with Crippen molar-refractivity contribution in [3.63, 3.8) is 0 Å². The minimum Gasteiger partial charge on any atom is -0.316 e. The Morgan fingerprint density at radius 2 is 2.58 bits per heavy atom. The van der Waals surface area contributed by atoms with Gasteiger partial charge in [-0.05, 0) is 12.6 Å². The number of nitrogens with one attached hydrogen (secondary N) is 1. The number of thiazole rings is 1. The summed E-state index contributed by atoms with van der Waals surface area (Å²) in [5, 5.41) is 4.77. The Morgan fingerprint density at radius 3 is 3.08 bits per heavy atom. The minimum atomic E-state index is 0.0762. The van der Waals surface area contributed by atoms with Crippen LogP contribution in [-0.4, -0.2) is 18.2 Å². The van der Waals surface area contributed by atoms with Crippen molar-refractivity contribution in [3.8, 4) is 0 Å². The number of nitrogens with zero attached hydrogens (tertiary/aromatic N) is 1. The van der Waals surface area contributed by atoms with Crippen LogP contribution in [0.1, 0.15) is 0 Å². The zero-order valence-corrected chi connectivity index (χ0v) is 7.86. The van der Waals surface area contributed by atoms with Crippen molar-refractivity contribution in [1.29, 1.82) is 0 Å². The van der Waals surface area contributed by atoms with Crippen molar-refractivity contribution < 1.29 is 0 Å². The lowest BCUT2D eigenvalue weighted by Crippen LogP contribution is -2.18. The van der Waals surface area contributed by atoms with Gasteiger partial charge in [-0.1, -0.05) is 17.9 Å². The highest BCUT2D eigenvalue weighted by atomic mass is 32.1. The molecule has 1 heterocycles. The van der Waals surface area contributed by atoms with Gasteiger partial charge in [-0.3, -0.25) is 4.79 Å². The molecule has 0 amide bonds. The molecule has 0 unspecified atom stereocenters. The van der Waals surface area contributed by atoms with Gasteiger partial charge >= 0.3 is 4.87 Å². The third-order valence-corrected chi connectivity index (χ3v) is 2.16. The highest BCUT2D eigenvalue weighted by Crippen LogP contribution is 1.95. The molecule has 0 bridgehead atoms. The summed E-state index contributed by atoms with van der Waals surface area (Å²) in [5.74, 6) is 0. The van der Waals surface area contributed by atoms with E-state index in [1.807, 2.05) is 7.05 Å². The standard InChI is InChI=1S/C8H12N2OS/c1-7(5-9-2)6-10-3-4-12-8(10)11/h3-4,9H,1,5-6H2,2H3. The van der Waals surface area contributed by atoms with Crippen LogP contribution in [0.2, 0.25) is 0 Å². The fourth-order valence-corrected chi connectivity index (χ4v) is 1.54. The van der Waals surface area contributed by atoms with Crippen LogP contribution >= 0.6 is 11.3 Å². The topological polar surface area (TPSA) is 34.0 Å². The third-order valence-electron chi connectivity index (χ3n) is 1.46. The highest BCUT2D eigenvalue weighted by molar-refractivity contribution is 7.07. The summed E-state index contributed by atoms with van der Waals surface area (Å²) >= 11 is 1.21. The van der Waals surface area contributed by atoms with Gasteiger partial charge in [0.25, 0.3) is 0 Å². The Hall–Kier alpha value is -0.870. The Morgan fingerprint density at radius 1 is 1.83 bits per heavy atom. The van der Waals surface area contributed by atoms with Crippen molar-refractivity contribution in [2.75, 3.05) is 13.6 Å². The molecule has 3 nitrogen and oxygen atoms in total. The van der Waals surface area contributed by atoms with E-state index in [9.17, 15) is 4.79 Å². The van der Waals surface area contributed by atoms with E-state index in [4.69, 9.17) is 0 Å². The van der Waals surface area contributed by atoms with Crippen molar-refractivity contribution in [1.82, 2.24) is 9.88 Å². The van der Waals surface area contributed by atoms with Crippen LogP contribution < -0.4 is 10.2 Å². The fourth-order valence-electron chi connectivity index (χ4n) is 0.955. The minimum absolute atomic E-state index is 0.0762. The van der Waals surface area contributed by atoms with Crippen LogP contribution in [0.3, 0.4) is 0 Å². The van der Waals surface area contributed by atoms with Crippen molar-refractivity contribution in [2.24, 2.45) is 0 Å². The normalized spacial score (nSPS) is 10.1. The Balaban J connectivity index is 2.58. The lowest BCUT2D eigenvalue weighted by atomic mass is 10.3. The SMILES string of the molecule is C=C(CNC)Cn1ccsc1=O. The fraction of sp³-hybridized carbons (Fsp3) is 0.375. The monoisotopic (exact) mass is 184 g/mol. The van der Waals surface area contributed by atoms with E-state index in [0.29, 0.717) is 6.54 Å². The maximum atomic E-state index is 11.1. The molecule has 0 aliphatic heterocycles. The number of rotatable bonds is 4. The Labute approximate surface area is 75.3 Å². The van der Waals surface area contributed by atoms with Gasteiger partial charge < -0.3 is 9.88 Å². The predicted octanol–water partition coefficient (Wildman–Crippen LogP) is 0.685. The predicted molar refractivity (Wildman–Crippen MR) is 51.6 cm³/mol. The summed E-state index contributed by atoms with van der Waals surface area (Å²) in [6, 6.07) is 0. The van der Waals surface area contributed by atoms with Gasteiger partial charge in [0.2, 0.25) is 0 Å². The molecule has 0 atom stereocenters. The Bertz CT molecular complexity index is 313. The van der Waals surface area contributed by atoms with Crippen molar-refractivity contribution >= 4 is 11.3 Å². The molecular weight excluding hydrogens is 172 g/mol. The molecule has 66 valence electrons. The molecule has 0 spiro atoms. The van der Waals surface area contributed by atoms with Crippen LogP contribution in [-0.2, 0) is 6.54 Å². The maximum absolute atomic E-state index is 11.1. The average molecular weight is 184 g/mol. The molecule has 0 radical (unpaired) electrons. The molecule has 12 heavy (non-hydrogen) atoms. The molecule has 1 aromatic heterocycles. The van der Waals surface area contributed by atoms with Gasteiger partial charge in [0.15, 0.2) is 0 Å². The van der Waals surface area contributed by atoms with Crippen LogP contribution in [0.5, 0.6) is 0 Å². The molecule has 4 heteroatoms. The van der Waals surface area contributed by atoms with Crippen LogP contribution in [0.4, 0.5) is 0 Å². The first-order valence-corrected chi connectivity index (χ1v) is 4.57. The molecule has 1 N–H and O–H groups in total. The molecule has 0 fully saturated rings. The molecule has 0 saturated heterocycles. The third kappa shape index (κ3) is 2.32. The van der Waals surface area contributed by atoms with Crippen molar-refractivity contribution in [2.45, 2.75) is 6.54 Å². The summed E-state index contributed by atoms with van der Waals surface area (Å²) in [7, 11) is 1.86. The summed E-state index contributed by atoms with van der Waals surface area (Å²) < 4.78 is 1.66. The molecule has 0 saturated carbocycles. The first-order chi connectivity index (χ1) is 5.74. The van der Waals surface area contributed by atoms with Gasteiger partial charge in [0.05, 0.1) is 0 Å². The van der Waals surface area contributed by atoms with Gasteiger partial charge in [-0.25, -0.2) is 0 Å². The number of hydrogen-bond acceptors (Lipinski definition) is 3. The maximum Gasteiger partial charge on any atom is 0.307 e. The van der Waals surface area contributed by atoms with Gasteiger partial charge in [-0.15, -0.1) is 0 Å². The average Bonchev–Trinajstić information content (AvgIpc) is 2.37. The van der Waals surface area contributed by atoms with Crippen LogP contribution in [0.15, 0.2) is 28.5 Å². The van der Waals surface area contributed by atoms with E-state index < -0.39 is 0 Å². The highest BCUT2D eigenvalue weighted by Gasteiger charge is 1.97. The summed E-state index contributed by atoms with van der Waals surface area (Å²) in [5.41, 5.74) is 1.01. The zero-order chi connectivity index (χ0) is 8.97. The van der Waals surface area contributed by atoms with E-state index in [2.05, 4.69) is 11.9 Å². The first-order valence-electron chi connectivity index (χ1n) is 3.69. The lowest BCUT2D eigenvalue weighted by Gasteiger charge is -2.03. The number of hydrogen-bond donors (Lipinski definition) is 1. The van der Waals surface area contributed by atoms with E-state index >= 15 is 0 Å². The van der Waals surface area contributed by atoms with E-state index in [0.717, 1.165) is 12.1 Å². The quantitative estimate of drug-likeness (QED) is 0.698. The number of likely N-dealkylation sites (N-methyl/N-ethyl adjacent to an activating group) is 1. The second kappa shape index (κ2) is 4.23. The largest absolute Gasteiger partial charge is 0.316 e. The van der Waals surface area contributed by atoms with Crippen LogP contribution in [0.25, 0.3) is 0 Å². The lowest BCUT2D eigenvalue weighted by molar-refractivity contribution is 0.727. The smallest absolute Gasteiger partial charge is 0.307 e. The second-order valence-electron chi connectivity index (χ2n) is 2.58. The summed E-state index contributed by atoms with van der Waals surface area (Å²) in [6.07, 6.45) is 1.79. The van der Waals surface area contributed by atoms with E-state index in [1.165, 1.54) is 11.3 Å². The van der Waals surface area contributed by atoms with Gasteiger partial charge in [-0.2, -0.15) is 0 Å². The molecule has 0 aliphatic rings. The van der Waals surface area contributed by atoms with Crippen LogP contribution in [0, 0.1) is 0 Å². The van der Waals surface area contributed by atoms with E-state index in [-0.39, 0.29) is 4.87 Å². The summed E-state index contributed by atoms with van der Waals surface area (Å²) in [4.78, 5) is 11.2. The Kier molecular flexibility index (Phi) is 3.25. The molecule has 1 rings (SSSR count). The second-order valence-corrected chi connectivity index (χ2v) is 3.43. The first kappa shape index (κ1) is 9.22. The van der Waals surface area contributed by atoms with Gasteiger partial charge in [0.1, 0.15) is 0 Å². The summed E-state index contributed by atoms with van der Waals surface area (Å²) in [6.45, 7) is 5.21. The molecule has 0 aromatic carbocycles. The van der Waals surface area contributed by atoms with Crippen molar-refractivity contribution in [3.05, 3.63) is 33.4 Å². The molecule has 0 aliphatic carbocycles. The molecule has 1 aromatic rings.